The Morgan fingerprint density at radius 2 is 1.56 bits per heavy atom. The quantitative estimate of drug-likeness (QED) is 0.479. The molecule has 0 aromatic heterocycles. The SMILES string of the molecule is CC1(c2ccc3ccccc3c2)CC(=O)C(CC(=O)N2CCC(C(=O)Cc3ccccc3)CC2)C1=O. The Bertz CT molecular complexity index is 1320. The number of piperidine rings is 1. The van der Waals surface area contributed by atoms with E-state index in [9.17, 15) is 19.2 Å². The van der Waals surface area contributed by atoms with E-state index >= 15 is 0 Å². The molecule has 5 heteroatoms. The summed E-state index contributed by atoms with van der Waals surface area (Å²) in [6.07, 6.45) is 1.71. The van der Waals surface area contributed by atoms with Crippen molar-refractivity contribution < 1.29 is 19.2 Å². The van der Waals surface area contributed by atoms with E-state index in [0.717, 1.165) is 21.9 Å². The van der Waals surface area contributed by atoms with Crippen molar-refractivity contribution in [2.24, 2.45) is 11.8 Å². The highest BCUT2D eigenvalue weighted by atomic mass is 16.2. The van der Waals surface area contributed by atoms with Crippen LogP contribution < -0.4 is 0 Å². The summed E-state index contributed by atoms with van der Waals surface area (Å²) in [7, 11) is 0. The van der Waals surface area contributed by atoms with Gasteiger partial charge in [0.05, 0.1) is 11.3 Å². The Morgan fingerprint density at radius 3 is 2.28 bits per heavy atom. The Balaban J connectivity index is 1.20. The van der Waals surface area contributed by atoms with Crippen LogP contribution in [0.4, 0.5) is 0 Å². The van der Waals surface area contributed by atoms with Gasteiger partial charge in [0.2, 0.25) is 5.91 Å². The van der Waals surface area contributed by atoms with Gasteiger partial charge in [0.25, 0.3) is 0 Å². The normalized spacial score (nSPS) is 22.8. The summed E-state index contributed by atoms with van der Waals surface area (Å²) in [5.41, 5.74) is 0.920. The first-order valence-corrected chi connectivity index (χ1v) is 12.8. The van der Waals surface area contributed by atoms with Crippen molar-refractivity contribution in [1.29, 1.82) is 0 Å². The van der Waals surface area contributed by atoms with E-state index in [0.29, 0.717) is 32.4 Å². The monoisotopic (exact) mass is 481 g/mol. The lowest BCUT2D eigenvalue weighted by Crippen LogP contribution is -2.42. The molecule has 2 aliphatic rings. The minimum Gasteiger partial charge on any atom is -0.343 e. The molecule has 5 rings (SSSR count). The number of hydrogen-bond donors (Lipinski definition) is 0. The molecule has 2 fully saturated rings. The van der Waals surface area contributed by atoms with Crippen molar-refractivity contribution in [2.45, 2.75) is 44.4 Å². The van der Waals surface area contributed by atoms with Crippen LogP contribution in [0.5, 0.6) is 0 Å². The van der Waals surface area contributed by atoms with Crippen molar-refractivity contribution >= 4 is 34.0 Å². The van der Waals surface area contributed by atoms with Crippen LogP contribution >= 0.6 is 0 Å². The van der Waals surface area contributed by atoms with Crippen LogP contribution in [0.15, 0.2) is 72.8 Å². The second-order valence-electron chi connectivity index (χ2n) is 10.4. The predicted molar refractivity (Wildman–Crippen MR) is 138 cm³/mol. The molecule has 1 aliphatic carbocycles. The van der Waals surface area contributed by atoms with Gasteiger partial charge in [0, 0.05) is 38.3 Å². The molecule has 0 N–H and O–H groups in total. The molecule has 36 heavy (non-hydrogen) atoms. The molecule has 1 amide bonds. The number of hydrogen-bond acceptors (Lipinski definition) is 4. The van der Waals surface area contributed by atoms with Gasteiger partial charge in [0.1, 0.15) is 11.6 Å². The number of benzene rings is 3. The molecule has 3 aromatic rings. The van der Waals surface area contributed by atoms with Gasteiger partial charge in [-0.3, -0.25) is 19.2 Å². The zero-order chi connectivity index (χ0) is 25.3. The number of rotatable bonds is 6. The summed E-state index contributed by atoms with van der Waals surface area (Å²) in [5.74, 6) is -1.23. The largest absolute Gasteiger partial charge is 0.343 e. The first-order chi connectivity index (χ1) is 17.3. The van der Waals surface area contributed by atoms with E-state index < -0.39 is 11.3 Å². The smallest absolute Gasteiger partial charge is 0.223 e. The maximum atomic E-state index is 13.5. The summed E-state index contributed by atoms with van der Waals surface area (Å²) >= 11 is 0. The molecule has 5 nitrogen and oxygen atoms in total. The summed E-state index contributed by atoms with van der Waals surface area (Å²) in [6, 6.07) is 23.5. The van der Waals surface area contributed by atoms with Gasteiger partial charge in [-0.2, -0.15) is 0 Å². The van der Waals surface area contributed by atoms with Crippen LogP contribution in [0.1, 0.15) is 43.7 Å². The van der Waals surface area contributed by atoms with E-state index in [1.54, 1.807) is 4.90 Å². The number of carbonyl (C=O) groups is 4. The number of likely N-dealkylation sites (tertiary alicyclic amines) is 1. The third kappa shape index (κ3) is 4.62. The van der Waals surface area contributed by atoms with Crippen LogP contribution in [0.25, 0.3) is 10.8 Å². The molecule has 1 saturated heterocycles. The Labute approximate surface area is 211 Å². The van der Waals surface area contributed by atoms with Crippen molar-refractivity contribution in [2.75, 3.05) is 13.1 Å². The number of Topliss-reactive ketones (excluding diaryl/α,β-unsaturated/α-hetero) is 3. The summed E-state index contributed by atoms with van der Waals surface area (Å²) in [4.78, 5) is 53.9. The lowest BCUT2D eigenvalue weighted by Gasteiger charge is -2.32. The first-order valence-electron chi connectivity index (χ1n) is 12.8. The minimum atomic E-state index is -0.914. The standard InChI is InChI=1S/C31H31NO4/c1-31(25-12-11-22-9-5-6-10-24(22)18-25)20-28(34)26(30(31)36)19-29(35)32-15-13-23(14-16-32)27(33)17-21-7-3-2-4-8-21/h2-12,18,23,26H,13-17,19-20H2,1H3. The third-order valence-electron chi connectivity index (χ3n) is 8.07. The van der Waals surface area contributed by atoms with Crippen LogP contribution in [0, 0.1) is 11.8 Å². The molecule has 0 bridgehead atoms. The Kier molecular flexibility index (Phi) is 6.57. The second kappa shape index (κ2) is 9.81. The average molecular weight is 482 g/mol. The molecular formula is C31H31NO4. The topological polar surface area (TPSA) is 71.5 Å². The maximum absolute atomic E-state index is 13.5. The fourth-order valence-electron chi connectivity index (χ4n) is 5.77. The van der Waals surface area contributed by atoms with Crippen LogP contribution in [0.2, 0.25) is 0 Å². The Morgan fingerprint density at radius 1 is 0.889 bits per heavy atom. The van der Waals surface area contributed by atoms with Crippen molar-refractivity contribution in [3.8, 4) is 0 Å². The molecule has 3 aromatic carbocycles. The van der Waals surface area contributed by atoms with Gasteiger partial charge in [0.15, 0.2) is 5.78 Å². The summed E-state index contributed by atoms with van der Waals surface area (Å²) < 4.78 is 0. The van der Waals surface area contributed by atoms with E-state index in [1.165, 1.54) is 0 Å². The van der Waals surface area contributed by atoms with Crippen LogP contribution in [0.3, 0.4) is 0 Å². The average Bonchev–Trinajstić information content (AvgIpc) is 3.12. The molecule has 0 radical (unpaired) electrons. The zero-order valence-electron chi connectivity index (χ0n) is 20.6. The van der Waals surface area contributed by atoms with E-state index in [1.807, 2.05) is 79.7 Å². The van der Waals surface area contributed by atoms with Crippen molar-refractivity contribution in [3.63, 3.8) is 0 Å². The van der Waals surface area contributed by atoms with Crippen LogP contribution in [-0.2, 0) is 31.0 Å². The van der Waals surface area contributed by atoms with Gasteiger partial charge >= 0.3 is 0 Å². The molecule has 1 saturated carbocycles. The van der Waals surface area contributed by atoms with Gasteiger partial charge in [-0.1, -0.05) is 72.8 Å². The van der Waals surface area contributed by atoms with Crippen molar-refractivity contribution in [1.82, 2.24) is 4.90 Å². The number of ketones is 3. The highest BCUT2D eigenvalue weighted by Gasteiger charge is 2.51. The fourth-order valence-corrected chi connectivity index (χ4v) is 5.77. The zero-order valence-corrected chi connectivity index (χ0v) is 20.6. The van der Waals surface area contributed by atoms with E-state index in [-0.39, 0.29) is 42.0 Å². The maximum Gasteiger partial charge on any atom is 0.223 e. The molecular weight excluding hydrogens is 450 g/mol. The molecule has 2 atom stereocenters. The van der Waals surface area contributed by atoms with E-state index in [2.05, 4.69) is 0 Å². The van der Waals surface area contributed by atoms with E-state index in [4.69, 9.17) is 0 Å². The highest BCUT2D eigenvalue weighted by Crippen LogP contribution is 2.41. The third-order valence-corrected chi connectivity index (χ3v) is 8.07. The minimum absolute atomic E-state index is 0.0554. The number of amides is 1. The van der Waals surface area contributed by atoms with Gasteiger partial charge in [-0.05, 0) is 41.7 Å². The van der Waals surface area contributed by atoms with Crippen molar-refractivity contribution in [3.05, 3.63) is 83.9 Å². The predicted octanol–water partition coefficient (Wildman–Crippen LogP) is 4.70. The van der Waals surface area contributed by atoms with Crippen LogP contribution in [-0.4, -0.2) is 41.2 Å². The first kappa shape index (κ1) is 24.1. The number of nitrogens with zero attached hydrogens (tertiary/aromatic N) is 1. The number of carbonyl (C=O) groups excluding carboxylic acids is 4. The lowest BCUT2D eigenvalue weighted by atomic mass is 9.78. The lowest BCUT2D eigenvalue weighted by molar-refractivity contribution is -0.140. The molecule has 1 aliphatic heterocycles. The number of fused-ring (bicyclic) bond motifs is 1. The summed E-state index contributed by atoms with van der Waals surface area (Å²) in [6.45, 7) is 2.80. The van der Waals surface area contributed by atoms with Gasteiger partial charge in [-0.25, -0.2) is 0 Å². The Hall–Kier alpha value is -3.60. The molecule has 0 spiro atoms. The fraction of sp³-hybridized carbons (Fsp3) is 0.355. The molecule has 184 valence electrons. The van der Waals surface area contributed by atoms with Gasteiger partial charge in [-0.15, -0.1) is 0 Å². The second-order valence-corrected chi connectivity index (χ2v) is 10.4. The molecule has 1 heterocycles. The highest BCUT2D eigenvalue weighted by molar-refractivity contribution is 6.16. The summed E-state index contributed by atoms with van der Waals surface area (Å²) in [5, 5.41) is 2.11. The van der Waals surface area contributed by atoms with Gasteiger partial charge < -0.3 is 4.90 Å². The molecule has 2 unspecified atom stereocenters.